The third kappa shape index (κ3) is 2.74. The van der Waals surface area contributed by atoms with Crippen molar-refractivity contribution in [3.63, 3.8) is 0 Å². The molecule has 110 valence electrons. The highest BCUT2D eigenvalue weighted by atomic mass is 16.2. The zero-order chi connectivity index (χ0) is 15.5. The van der Waals surface area contributed by atoms with Crippen molar-refractivity contribution in [1.29, 1.82) is 0 Å². The first-order valence-electron chi connectivity index (χ1n) is 6.98. The summed E-state index contributed by atoms with van der Waals surface area (Å²) < 4.78 is 0. The van der Waals surface area contributed by atoms with Gasteiger partial charge in [-0.15, -0.1) is 0 Å². The second kappa shape index (κ2) is 5.81. The molecule has 22 heavy (non-hydrogen) atoms. The number of carbonyl (C=O) groups is 1. The summed E-state index contributed by atoms with van der Waals surface area (Å²) in [4.78, 5) is 21.1. The van der Waals surface area contributed by atoms with Gasteiger partial charge in [-0.05, 0) is 31.2 Å². The summed E-state index contributed by atoms with van der Waals surface area (Å²) in [6.45, 7) is 1.84. The Morgan fingerprint density at radius 2 is 1.68 bits per heavy atom. The van der Waals surface area contributed by atoms with E-state index in [0.29, 0.717) is 17.2 Å². The Bertz CT molecular complexity index is 817. The second-order valence-corrected chi connectivity index (χ2v) is 4.98. The monoisotopic (exact) mass is 292 g/mol. The van der Waals surface area contributed by atoms with E-state index in [-0.39, 0.29) is 5.91 Å². The predicted molar refractivity (Wildman–Crippen MR) is 86.6 cm³/mol. The van der Waals surface area contributed by atoms with Gasteiger partial charge in [0.05, 0.1) is 5.52 Å². The van der Waals surface area contributed by atoms with Crippen LogP contribution in [0.2, 0.25) is 0 Å². The van der Waals surface area contributed by atoms with E-state index in [0.717, 1.165) is 10.9 Å². The maximum absolute atomic E-state index is 12.3. The van der Waals surface area contributed by atoms with E-state index in [4.69, 9.17) is 0 Å². The van der Waals surface area contributed by atoms with Crippen LogP contribution in [0.1, 0.15) is 16.2 Å². The predicted octanol–water partition coefficient (Wildman–Crippen LogP) is 2.72. The number of para-hydroxylation sites is 1. The number of hydrazine groups is 1. The van der Waals surface area contributed by atoms with Crippen LogP contribution in [0.5, 0.6) is 0 Å². The Morgan fingerprint density at radius 1 is 1.00 bits per heavy atom. The number of carbonyl (C=O) groups excluding carboxylic acids is 1. The molecule has 0 unspecified atom stereocenters. The molecule has 0 aliphatic heterocycles. The highest BCUT2D eigenvalue weighted by Gasteiger charge is 2.13. The molecule has 0 atom stereocenters. The zero-order valence-electron chi connectivity index (χ0n) is 12.4. The molecule has 2 aromatic carbocycles. The summed E-state index contributed by atoms with van der Waals surface area (Å²) in [5, 5.41) is 2.52. The molecule has 0 aliphatic carbocycles. The number of hydrogen-bond acceptors (Lipinski definition) is 4. The molecule has 1 heterocycles. The summed E-state index contributed by atoms with van der Waals surface area (Å²) in [6.07, 6.45) is 0. The maximum atomic E-state index is 12.3. The van der Waals surface area contributed by atoms with Gasteiger partial charge in [-0.2, -0.15) is 0 Å². The van der Waals surface area contributed by atoms with E-state index in [2.05, 4.69) is 15.4 Å². The molecule has 0 fully saturated rings. The van der Waals surface area contributed by atoms with E-state index in [1.807, 2.05) is 49.4 Å². The number of benzene rings is 2. The highest BCUT2D eigenvalue weighted by molar-refractivity contribution is 5.96. The zero-order valence-corrected chi connectivity index (χ0v) is 12.4. The van der Waals surface area contributed by atoms with Crippen molar-refractivity contribution < 1.29 is 4.79 Å². The Kier molecular flexibility index (Phi) is 3.70. The first kappa shape index (κ1) is 14.0. The van der Waals surface area contributed by atoms with Gasteiger partial charge in [0.15, 0.2) is 5.82 Å². The van der Waals surface area contributed by atoms with Gasteiger partial charge in [0, 0.05) is 18.0 Å². The minimum absolute atomic E-state index is 0.177. The lowest BCUT2D eigenvalue weighted by Gasteiger charge is -2.21. The van der Waals surface area contributed by atoms with E-state index in [1.165, 1.54) is 0 Å². The SMILES string of the molecule is Cc1nc(N(C)NC(=O)c2ccccc2)c2ccccc2n1. The quantitative estimate of drug-likeness (QED) is 0.754. The summed E-state index contributed by atoms with van der Waals surface area (Å²) in [5.74, 6) is 1.16. The largest absolute Gasteiger partial charge is 0.271 e. The fourth-order valence-electron chi connectivity index (χ4n) is 2.29. The number of aromatic nitrogens is 2. The van der Waals surface area contributed by atoms with Crippen LogP contribution in [0.3, 0.4) is 0 Å². The molecular formula is C17H16N4O. The van der Waals surface area contributed by atoms with Crippen LogP contribution in [-0.4, -0.2) is 22.9 Å². The van der Waals surface area contributed by atoms with Crippen LogP contribution in [0.25, 0.3) is 10.9 Å². The van der Waals surface area contributed by atoms with E-state index >= 15 is 0 Å². The fourth-order valence-corrected chi connectivity index (χ4v) is 2.29. The summed E-state index contributed by atoms with van der Waals surface area (Å²) in [5.41, 5.74) is 4.29. The van der Waals surface area contributed by atoms with Gasteiger partial charge in [-0.3, -0.25) is 15.2 Å². The van der Waals surface area contributed by atoms with Crippen LogP contribution >= 0.6 is 0 Å². The van der Waals surface area contributed by atoms with Crippen LogP contribution in [0.15, 0.2) is 54.6 Å². The van der Waals surface area contributed by atoms with Crippen molar-refractivity contribution in [2.75, 3.05) is 12.1 Å². The first-order valence-corrected chi connectivity index (χ1v) is 6.98. The molecule has 1 N–H and O–H groups in total. The average molecular weight is 292 g/mol. The summed E-state index contributed by atoms with van der Waals surface area (Å²) >= 11 is 0. The molecule has 0 bridgehead atoms. The summed E-state index contributed by atoms with van der Waals surface area (Å²) in [6, 6.07) is 16.8. The Labute approximate surface area is 128 Å². The van der Waals surface area contributed by atoms with Crippen molar-refractivity contribution in [3.05, 3.63) is 66.0 Å². The smallest absolute Gasteiger partial charge is 0.269 e. The molecule has 0 saturated carbocycles. The highest BCUT2D eigenvalue weighted by Crippen LogP contribution is 2.21. The van der Waals surface area contributed by atoms with E-state index in [9.17, 15) is 4.79 Å². The maximum Gasteiger partial charge on any atom is 0.269 e. The standard InChI is InChI=1S/C17H16N4O/c1-12-18-15-11-7-6-10-14(15)16(19-12)21(2)20-17(22)13-8-4-3-5-9-13/h3-11H,1-2H3,(H,20,22). The molecule has 1 aromatic heterocycles. The topological polar surface area (TPSA) is 58.1 Å². The normalized spacial score (nSPS) is 10.5. The second-order valence-electron chi connectivity index (χ2n) is 4.98. The minimum atomic E-state index is -0.177. The van der Waals surface area contributed by atoms with Crippen LogP contribution in [-0.2, 0) is 0 Å². The fraction of sp³-hybridized carbons (Fsp3) is 0.118. The van der Waals surface area contributed by atoms with Crippen molar-refractivity contribution in [2.45, 2.75) is 6.92 Å². The van der Waals surface area contributed by atoms with Gasteiger partial charge in [0.2, 0.25) is 0 Å². The molecule has 5 heteroatoms. The van der Waals surface area contributed by atoms with E-state index in [1.54, 1.807) is 24.2 Å². The van der Waals surface area contributed by atoms with Crippen LogP contribution in [0.4, 0.5) is 5.82 Å². The number of nitrogens with one attached hydrogen (secondary N) is 1. The number of amides is 1. The Morgan fingerprint density at radius 3 is 2.45 bits per heavy atom. The number of anilines is 1. The average Bonchev–Trinajstić information content (AvgIpc) is 2.54. The van der Waals surface area contributed by atoms with Crippen molar-refractivity contribution in [1.82, 2.24) is 15.4 Å². The molecule has 0 spiro atoms. The third-order valence-electron chi connectivity index (χ3n) is 3.32. The molecule has 0 radical (unpaired) electrons. The molecule has 3 rings (SSSR count). The number of nitrogens with zero attached hydrogens (tertiary/aromatic N) is 3. The van der Waals surface area contributed by atoms with Gasteiger partial charge in [-0.25, -0.2) is 9.97 Å². The summed E-state index contributed by atoms with van der Waals surface area (Å²) in [7, 11) is 1.77. The lowest BCUT2D eigenvalue weighted by molar-refractivity contribution is 0.0951. The molecule has 0 saturated heterocycles. The van der Waals surface area contributed by atoms with Crippen molar-refractivity contribution >= 4 is 22.6 Å². The number of rotatable bonds is 3. The lowest BCUT2D eigenvalue weighted by Crippen LogP contribution is -2.40. The molecular weight excluding hydrogens is 276 g/mol. The molecule has 3 aromatic rings. The van der Waals surface area contributed by atoms with Crippen LogP contribution in [0, 0.1) is 6.92 Å². The third-order valence-corrected chi connectivity index (χ3v) is 3.32. The molecule has 0 aliphatic rings. The van der Waals surface area contributed by atoms with Gasteiger partial charge in [0.1, 0.15) is 5.82 Å². The Hall–Kier alpha value is -2.95. The number of fused-ring (bicyclic) bond motifs is 1. The first-order chi connectivity index (χ1) is 10.6. The molecule has 1 amide bonds. The number of aryl methyl sites for hydroxylation is 1. The van der Waals surface area contributed by atoms with Gasteiger partial charge in [-0.1, -0.05) is 30.3 Å². The van der Waals surface area contributed by atoms with Crippen LogP contribution < -0.4 is 10.4 Å². The van der Waals surface area contributed by atoms with Crippen molar-refractivity contribution in [3.8, 4) is 0 Å². The molecule has 5 nitrogen and oxygen atoms in total. The number of hydrogen-bond donors (Lipinski definition) is 1. The van der Waals surface area contributed by atoms with Gasteiger partial charge >= 0.3 is 0 Å². The Balaban J connectivity index is 1.92. The lowest BCUT2D eigenvalue weighted by atomic mass is 10.2. The van der Waals surface area contributed by atoms with E-state index < -0.39 is 0 Å². The minimum Gasteiger partial charge on any atom is -0.271 e. The van der Waals surface area contributed by atoms with Gasteiger partial charge < -0.3 is 0 Å². The van der Waals surface area contributed by atoms with Crippen molar-refractivity contribution in [2.24, 2.45) is 0 Å². The van der Waals surface area contributed by atoms with Gasteiger partial charge in [0.25, 0.3) is 5.91 Å².